The number of benzene rings is 1. The highest BCUT2D eigenvalue weighted by atomic mass is 16.4. The van der Waals surface area contributed by atoms with Crippen LogP contribution in [0.3, 0.4) is 0 Å². The van der Waals surface area contributed by atoms with Crippen LogP contribution in [0, 0.1) is 0 Å². The van der Waals surface area contributed by atoms with Crippen LogP contribution in [0.1, 0.15) is 63.0 Å². The second-order valence-corrected chi connectivity index (χ2v) is 6.06. The van der Waals surface area contributed by atoms with E-state index in [2.05, 4.69) is 24.3 Å². The largest absolute Gasteiger partial charge is 0.481 e. The highest BCUT2D eigenvalue weighted by Gasteiger charge is 2.24. The Morgan fingerprint density at radius 1 is 1.22 bits per heavy atom. The second kappa shape index (κ2) is 5.13. The molecule has 0 atom stereocenters. The summed E-state index contributed by atoms with van der Waals surface area (Å²) in [6.45, 7) is 3.98. The highest BCUT2D eigenvalue weighted by molar-refractivity contribution is 5.68. The lowest BCUT2D eigenvalue weighted by atomic mass is 9.80. The summed E-state index contributed by atoms with van der Waals surface area (Å²) in [4.78, 5) is 10.9. The number of hydrogen-bond acceptors (Lipinski definition) is 1. The molecule has 0 aromatic heterocycles. The normalized spacial score (nSPS) is 17.0. The van der Waals surface area contributed by atoms with Crippen LogP contribution in [0.25, 0.3) is 0 Å². The second-order valence-electron chi connectivity index (χ2n) is 6.06. The van der Waals surface area contributed by atoms with Crippen LogP contribution in [-0.2, 0) is 10.2 Å². The van der Waals surface area contributed by atoms with Gasteiger partial charge in [-0.25, -0.2) is 0 Å². The summed E-state index contributed by atoms with van der Waals surface area (Å²) in [6, 6.07) is 8.59. The minimum atomic E-state index is -0.736. The molecule has 1 fully saturated rings. The van der Waals surface area contributed by atoms with E-state index in [4.69, 9.17) is 5.11 Å². The van der Waals surface area contributed by atoms with Crippen molar-refractivity contribution in [2.75, 3.05) is 0 Å². The lowest BCUT2D eigenvalue weighted by Gasteiger charge is -2.23. The SMILES string of the molecule is CC(C)(CC(=O)O)c1ccc(C2CCCC2)cc1. The van der Waals surface area contributed by atoms with Gasteiger partial charge >= 0.3 is 5.97 Å². The summed E-state index contributed by atoms with van der Waals surface area (Å²) < 4.78 is 0. The Bertz CT molecular complexity index is 411. The van der Waals surface area contributed by atoms with E-state index >= 15 is 0 Å². The Morgan fingerprint density at radius 3 is 2.28 bits per heavy atom. The van der Waals surface area contributed by atoms with Crippen molar-refractivity contribution in [3.63, 3.8) is 0 Å². The summed E-state index contributed by atoms with van der Waals surface area (Å²) in [7, 11) is 0. The van der Waals surface area contributed by atoms with Crippen LogP contribution < -0.4 is 0 Å². The summed E-state index contributed by atoms with van der Waals surface area (Å²) in [5.74, 6) is -0.0125. The zero-order valence-electron chi connectivity index (χ0n) is 11.3. The first-order chi connectivity index (χ1) is 8.49. The minimum absolute atomic E-state index is 0.176. The molecule has 0 saturated heterocycles. The molecule has 0 heterocycles. The van der Waals surface area contributed by atoms with Crippen LogP contribution in [0.4, 0.5) is 0 Å². The Balaban J connectivity index is 2.13. The van der Waals surface area contributed by atoms with Crippen molar-refractivity contribution in [3.05, 3.63) is 35.4 Å². The molecule has 2 heteroatoms. The number of hydrogen-bond donors (Lipinski definition) is 1. The summed E-state index contributed by atoms with van der Waals surface area (Å²) >= 11 is 0. The zero-order chi connectivity index (χ0) is 13.2. The minimum Gasteiger partial charge on any atom is -0.481 e. The quantitative estimate of drug-likeness (QED) is 0.868. The first-order valence-corrected chi connectivity index (χ1v) is 6.81. The van der Waals surface area contributed by atoms with Crippen molar-refractivity contribution in [2.24, 2.45) is 0 Å². The molecule has 18 heavy (non-hydrogen) atoms. The molecule has 0 amide bonds. The molecule has 1 saturated carbocycles. The van der Waals surface area contributed by atoms with E-state index in [-0.39, 0.29) is 11.8 Å². The first kappa shape index (κ1) is 13.1. The lowest BCUT2D eigenvalue weighted by molar-refractivity contribution is -0.138. The van der Waals surface area contributed by atoms with Crippen molar-refractivity contribution in [1.29, 1.82) is 0 Å². The van der Waals surface area contributed by atoms with E-state index < -0.39 is 5.97 Å². The van der Waals surface area contributed by atoms with Gasteiger partial charge in [-0.15, -0.1) is 0 Å². The molecule has 1 aliphatic carbocycles. The molecule has 1 aromatic carbocycles. The highest BCUT2D eigenvalue weighted by Crippen LogP contribution is 2.35. The van der Waals surface area contributed by atoms with Crippen LogP contribution in [0.2, 0.25) is 0 Å². The van der Waals surface area contributed by atoms with Gasteiger partial charge in [0.2, 0.25) is 0 Å². The molecule has 2 rings (SSSR count). The van der Waals surface area contributed by atoms with Crippen LogP contribution >= 0.6 is 0 Å². The third kappa shape index (κ3) is 2.92. The third-order valence-electron chi connectivity index (χ3n) is 4.11. The maximum atomic E-state index is 10.9. The van der Waals surface area contributed by atoms with Gasteiger partial charge in [-0.05, 0) is 29.9 Å². The summed E-state index contributed by atoms with van der Waals surface area (Å²) in [5.41, 5.74) is 2.24. The van der Waals surface area contributed by atoms with Crippen molar-refractivity contribution >= 4 is 5.97 Å². The fourth-order valence-corrected chi connectivity index (χ4v) is 2.95. The lowest BCUT2D eigenvalue weighted by Crippen LogP contribution is -2.21. The summed E-state index contributed by atoms with van der Waals surface area (Å²) in [5, 5.41) is 8.94. The number of rotatable bonds is 4. The maximum Gasteiger partial charge on any atom is 0.304 e. The molecule has 0 bridgehead atoms. The number of carbonyl (C=O) groups is 1. The molecule has 0 unspecified atom stereocenters. The van der Waals surface area contributed by atoms with E-state index in [1.54, 1.807) is 0 Å². The van der Waals surface area contributed by atoms with Gasteiger partial charge in [0.1, 0.15) is 0 Å². The van der Waals surface area contributed by atoms with Crippen LogP contribution in [0.5, 0.6) is 0 Å². The third-order valence-corrected chi connectivity index (χ3v) is 4.11. The van der Waals surface area contributed by atoms with Gasteiger partial charge in [0.15, 0.2) is 0 Å². The molecular formula is C16H22O2. The van der Waals surface area contributed by atoms with Crippen molar-refractivity contribution < 1.29 is 9.90 Å². The molecule has 1 aromatic rings. The van der Waals surface area contributed by atoms with Crippen LogP contribution in [-0.4, -0.2) is 11.1 Å². The molecule has 2 nitrogen and oxygen atoms in total. The molecule has 0 aliphatic heterocycles. The Hall–Kier alpha value is -1.31. The Morgan fingerprint density at radius 2 is 1.78 bits per heavy atom. The van der Waals surface area contributed by atoms with Gasteiger partial charge < -0.3 is 5.11 Å². The smallest absolute Gasteiger partial charge is 0.304 e. The van der Waals surface area contributed by atoms with E-state index in [9.17, 15) is 4.79 Å². The van der Waals surface area contributed by atoms with Crippen molar-refractivity contribution in [2.45, 2.75) is 57.3 Å². The predicted octanol–water partition coefficient (Wildman–Crippen LogP) is 4.10. The monoisotopic (exact) mass is 246 g/mol. The molecule has 98 valence electrons. The Kier molecular flexibility index (Phi) is 3.74. The van der Waals surface area contributed by atoms with E-state index in [0.29, 0.717) is 0 Å². The van der Waals surface area contributed by atoms with Crippen LogP contribution in [0.15, 0.2) is 24.3 Å². The van der Waals surface area contributed by atoms with E-state index in [1.165, 1.54) is 31.2 Å². The number of aliphatic carboxylic acids is 1. The van der Waals surface area contributed by atoms with Gasteiger partial charge in [0.05, 0.1) is 6.42 Å². The van der Waals surface area contributed by atoms with Gasteiger partial charge in [0.25, 0.3) is 0 Å². The molecule has 1 N–H and O–H groups in total. The topological polar surface area (TPSA) is 37.3 Å². The molecular weight excluding hydrogens is 224 g/mol. The maximum absolute atomic E-state index is 10.9. The van der Waals surface area contributed by atoms with E-state index in [0.717, 1.165) is 11.5 Å². The van der Waals surface area contributed by atoms with Crippen molar-refractivity contribution in [3.8, 4) is 0 Å². The van der Waals surface area contributed by atoms with E-state index in [1.807, 2.05) is 13.8 Å². The van der Waals surface area contributed by atoms with Gasteiger partial charge in [-0.3, -0.25) is 4.79 Å². The van der Waals surface area contributed by atoms with Gasteiger partial charge in [0, 0.05) is 5.41 Å². The van der Waals surface area contributed by atoms with Gasteiger partial charge in [-0.1, -0.05) is 51.0 Å². The van der Waals surface area contributed by atoms with Crippen molar-refractivity contribution in [1.82, 2.24) is 0 Å². The number of carboxylic acids is 1. The standard InChI is InChI=1S/C16H22O2/c1-16(2,11-15(17)18)14-9-7-13(8-10-14)12-5-3-4-6-12/h7-10,12H,3-6,11H2,1-2H3,(H,17,18). The fourth-order valence-electron chi connectivity index (χ4n) is 2.95. The number of carboxylic acid groups (broad SMARTS) is 1. The Labute approximate surface area is 109 Å². The summed E-state index contributed by atoms with van der Waals surface area (Å²) in [6.07, 6.45) is 5.47. The molecule has 1 aliphatic rings. The first-order valence-electron chi connectivity index (χ1n) is 6.81. The molecule has 0 spiro atoms. The molecule has 0 radical (unpaired) electrons. The zero-order valence-corrected chi connectivity index (χ0v) is 11.3. The fraction of sp³-hybridized carbons (Fsp3) is 0.562. The van der Waals surface area contributed by atoms with Gasteiger partial charge in [-0.2, -0.15) is 0 Å². The average molecular weight is 246 g/mol. The average Bonchev–Trinajstić information content (AvgIpc) is 2.81. The predicted molar refractivity (Wildman–Crippen MR) is 72.9 cm³/mol.